The molecule has 2 unspecified atom stereocenters. The second kappa shape index (κ2) is 7.08. The molecule has 1 amide bonds. The van der Waals surface area contributed by atoms with Crippen molar-refractivity contribution in [2.45, 2.75) is 20.3 Å². The average molecular weight is 412 g/mol. The van der Waals surface area contributed by atoms with Gasteiger partial charge >= 0.3 is 0 Å². The van der Waals surface area contributed by atoms with Gasteiger partial charge in [0.2, 0.25) is 0 Å². The number of piperidine rings is 1. The van der Waals surface area contributed by atoms with Gasteiger partial charge in [0.25, 0.3) is 5.91 Å². The lowest BCUT2D eigenvalue weighted by Crippen LogP contribution is -2.42. The topological polar surface area (TPSA) is 109 Å². The molecule has 8 heteroatoms. The maximum absolute atomic E-state index is 13.3. The van der Waals surface area contributed by atoms with Gasteiger partial charge in [-0.05, 0) is 29.7 Å². The van der Waals surface area contributed by atoms with E-state index in [0.29, 0.717) is 43.7 Å². The van der Waals surface area contributed by atoms with Crippen LogP contribution >= 0.6 is 22.7 Å². The second-order valence-corrected chi connectivity index (χ2v) is 9.46. The standard InChI is InChI=1S/C20H21N5OS2/c1-10-6-11(2)9-25(8-10)20(26)17-16(22)15-14(13-4-3-5-27-13)12(7-21)18(23)24-19(15)28-17/h3-5,10-11H,6,8-9,22H2,1-2H3,(H2,23,24). The molecule has 1 aliphatic heterocycles. The number of nitrogens with two attached hydrogens (primary N) is 2. The lowest BCUT2D eigenvalue weighted by Gasteiger charge is -2.34. The number of pyridine rings is 1. The molecule has 0 aliphatic carbocycles. The highest BCUT2D eigenvalue weighted by Gasteiger charge is 2.30. The van der Waals surface area contributed by atoms with E-state index >= 15 is 0 Å². The Labute approximate surface area is 171 Å². The van der Waals surface area contributed by atoms with Crippen molar-refractivity contribution >= 4 is 50.3 Å². The number of carbonyl (C=O) groups is 1. The first kappa shape index (κ1) is 18.7. The van der Waals surface area contributed by atoms with Gasteiger partial charge in [0.1, 0.15) is 27.2 Å². The Morgan fingerprint density at radius 1 is 1.32 bits per heavy atom. The third kappa shape index (κ3) is 3.01. The molecule has 3 aromatic heterocycles. The fourth-order valence-corrected chi connectivity index (χ4v) is 5.94. The fraction of sp³-hybridized carbons (Fsp3) is 0.350. The molecule has 0 spiro atoms. The Kier molecular flexibility index (Phi) is 4.73. The maximum Gasteiger partial charge on any atom is 0.266 e. The van der Waals surface area contributed by atoms with Crippen LogP contribution in [-0.2, 0) is 0 Å². The summed E-state index contributed by atoms with van der Waals surface area (Å²) in [6.07, 6.45) is 1.12. The van der Waals surface area contributed by atoms with Gasteiger partial charge in [-0.15, -0.1) is 22.7 Å². The summed E-state index contributed by atoms with van der Waals surface area (Å²) in [5, 5.41) is 12.2. The molecule has 4 N–H and O–H groups in total. The zero-order valence-electron chi connectivity index (χ0n) is 15.7. The SMILES string of the molecule is CC1CC(C)CN(C(=O)c2sc3nc(N)c(C#N)c(-c4cccs4)c3c2N)C1. The van der Waals surface area contributed by atoms with E-state index in [1.165, 1.54) is 22.7 Å². The summed E-state index contributed by atoms with van der Waals surface area (Å²) in [5.74, 6) is 1.03. The molecule has 6 nitrogen and oxygen atoms in total. The summed E-state index contributed by atoms with van der Waals surface area (Å²) < 4.78 is 0. The van der Waals surface area contributed by atoms with Crippen LogP contribution in [-0.4, -0.2) is 28.9 Å². The smallest absolute Gasteiger partial charge is 0.266 e. The van der Waals surface area contributed by atoms with E-state index in [9.17, 15) is 10.1 Å². The molecule has 1 aliphatic rings. The molecule has 1 saturated heterocycles. The molecule has 1 fully saturated rings. The van der Waals surface area contributed by atoms with Crippen molar-refractivity contribution in [2.24, 2.45) is 11.8 Å². The van der Waals surface area contributed by atoms with Crippen LogP contribution in [0.3, 0.4) is 0 Å². The van der Waals surface area contributed by atoms with Crippen molar-refractivity contribution < 1.29 is 4.79 Å². The normalized spacial score (nSPS) is 19.7. The van der Waals surface area contributed by atoms with Crippen LogP contribution in [0.4, 0.5) is 11.5 Å². The number of nitriles is 1. The molecule has 0 saturated carbocycles. The van der Waals surface area contributed by atoms with E-state index < -0.39 is 0 Å². The molecule has 0 radical (unpaired) electrons. The number of fused-ring (bicyclic) bond motifs is 1. The number of aromatic nitrogens is 1. The summed E-state index contributed by atoms with van der Waals surface area (Å²) in [6.45, 7) is 5.79. The Morgan fingerprint density at radius 3 is 2.64 bits per heavy atom. The number of hydrogen-bond acceptors (Lipinski definition) is 7. The van der Waals surface area contributed by atoms with Crippen LogP contribution in [0.2, 0.25) is 0 Å². The van der Waals surface area contributed by atoms with Crippen molar-refractivity contribution in [2.75, 3.05) is 24.6 Å². The number of rotatable bonds is 2. The third-order valence-electron chi connectivity index (χ3n) is 5.13. The van der Waals surface area contributed by atoms with Crippen LogP contribution < -0.4 is 11.5 Å². The minimum Gasteiger partial charge on any atom is -0.397 e. The lowest BCUT2D eigenvalue weighted by molar-refractivity contribution is 0.0629. The minimum atomic E-state index is -0.0619. The van der Waals surface area contributed by atoms with Crippen molar-refractivity contribution in [1.29, 1.82) is 5.26 Å². The number of thiophene rings is 2. The third-order valence-corrected chi connectivity index (χ3v) is 7.11. The van der Waals surface area contributed by atoms with Crippen LogP contribution in [0.1, 0.15) is 35.5 Å². The summed E-state index contributed by atoms with van der Waals surface area (Å²) in [7, 11) is 0. The van der Waals surface area contributed by atoms with Crippen LogP contribution in [0.15, 0.2) is 17.5 Å². The van der Waals surface area contributed by atoms with E-state index in [1.807, 2.05) is 22.4 Å². The predicted octanol–water partition coefficient (Wildman–Crippen LogP) is 4.18. The molecule has 0 aromatic carbocycles. The van der Waals surface area contributed by atoms with E-state index in [0.717, 1.165) is 24.4 Å². The largest absolute Gasteiger partial charge is 0.397 e. The summed E-state index contributed by atoms with van der Waals surface area (Å²) in [6, 6.07) is 5.99. The number of likely N-dealkylation sites (tertiary alicyclic amines) is 1. The van der Waals surface area contributed by atoms with Crippen molar-refractivity contribution in [3.05, 3.63) is 28.0 Å². The highest BCUT2D eigenvalue weighted by atomic mass is 32.1. The molecule has 4 rings (SSSR count). The van der Waals surface area contributed by atoms with Crippen molar-refractivity contribution in [3.8, 4) is 16.5 Å². The number of hydrogen-bond donors (Lipinski definition) is 2. The van der Waals surface area contributed by atoms with Crippen LogP contribution in [0.5, 0.6) is 0 Å². The summed E-state index contributed by atoms with van der Waals surface area (Å²) in [5.41, 5.74) is 13.9. The van der Waals surface area contributed by atoms with Gasteiger partial charge in [-0.3, -0.25) is 4.79 Å². The van der Waals surface area contributed by atoms with E-state index in [2.05, 4.69) is 24.9 Å². The zero-order chi connectivity index (χ0) is 20.0. The first-order chi connectivity index (χ1) is 13.4. The van der Waals surface area contributed by atoms with Gasteiger partial charge < -0.3 is 16.4 Å². The molecule has 2 atom stereocenters. The Bertz CT molecular complexity index is 1090. The van der Waals surface area contributed by atoms with Gasteiger partial charge in [0, 0.05) is 28.9 Å². The fourth-order valence-electron chi connectivity index (χ4n) is 4.08. The average Bonchev–Trinajstić information content (AvgIpc) is 3.28. The van der Waals surface area contributed by atoms with Crippen molar-refractivity contribution in [3.63, 3.8) is 0 Å². The molecular formula is C20H21N5OS2. The molecule has 144 valence electrons. The highest BCUT2D eigenvalue weighted by molar-refractivity contribution is 7.21. The Balaban J connectivity index is 1.89. The first-order valence-electron chi connectivity index (χ1n) is 9.15. The summed E-state index contributed by atoms with van der Waals surface area (Å²) in [4.78, 5) is 21.5. The molecule has 28 heavy (non-hydrogen) atoms. The molecule has 0 bridgehead atoms. The number of nitrogens with zero attached hydrogens (tertiary/aromatic N) is 3. The van der Waals surface area contributed by atoms with Gasteiger partial charge in [-0.25, -0.2) is 4.98 Å². The quantitative estimate of drug-likeness (QED) is 0.657. The number of anilines is 2. The molecular weight excluding hydrogens is 390 g/mol. The molecule has 4 heterocycles. The van der Waals surface area contributed by atoms with Crippen LogP contribution in [0, 0.1) is 23.2 Å². The Hall–Kier alpha value is -2.63. The lowest BCUT2D eigenvalue weighted by atomic mass is 9.92. The van der Waals surface area contributed by atoms with Crippen LogP contribution in [0.25, 0.3) is 20.7 Å². The highest BCUT2D eigenvalue weighted by Crippen LogP contribution is 2.44. The predicted molar refractivity (Wildman–Crippen MR) is 115 cm³/mol. The molecule has 3 aromatic rings. The van der Waals surface area contributed by atoms with Gasteiger partial charge in [0.15, 0.2) is 0 Å². The van der Waals surface area contributed by atoms with Gasteiger partial charge in [0.05, 0.1) is 5.69 Å². The number of carbonyl (C=O) groups excluding carboxylic acids is 1. The van der Waals surface area contributed by atoms with E-state index in [1.54, 1.807) is 0 Å². The van der Waals surface area contributed by atoms with Gasteiger partial charge in [-0.2, -0.15) is 5.26 Å². The zero-order valence-corrected chi connectivity index (χ0v) is 17.4. The second-order valence-electron chi connectivity index (χ2n) is 7.52. The van der Waals surface area contributed by atoms with E-state index in [-0.39, 0.29) is 11.7 Å². The maximum atomic E-state index is 13.3. The Morgan fingerprint density at radius 2 is 2.04 bits per heavy atom. The van der Waals surface area contributed by atoms with Crippen molar-refractivity contribution in [1.82, 2.24) is 9.88 Å². The monoisotopic (exact) mass is 411 g/mol. The van der Waals surface area contributed by atoms with Gasteiger partial charge in [-0.1, -0.05) is 19.9 Å². The number of amides is 1. The summed E-state index contributed by atoms with van der Waals surface area (Å²) >= 11 is 2.76. The number of nitrogen functional groups attached to an aromatic ring is 2. The van der Waals surface area contributed by atoms with E-state index in [4.69, 9.17) is 11.5 Å². The minimum absolute atomic E-state index is 0.0619. The first-order valence-corrected chi connectivity index (χ1v) is 10.8.